The third-order valence-electron chi connectivity index (χ3n) is 3.51. The zero-order valence-corrected chi connectivity index (χ0v) is 10.4. The Bertz CT molecular complexity index is 283. The van der Waals surface area contributed by atoms with E-state index >= 15 is 0 Å². The maximum atomic E-state index is 13.8. The molecule has 0 radical (unpaired) electrons. The Hall–Kier alpha value is -0.640. The second kappa shape index (κ2) is 3.99. The van der Waals surface area contributed by atoms with Crippen LogP contribution in [0.5, 0.6) is 0 Å². The third kappa shape index (κ3) is 2.08. The Kier molecular flexibility index (Phi) is 2.95. The topological polar surface area (TPSA) is 23.6 Å². The van der Waals surface area contributed by atoms with Crippen LogP contribution in [0.15, 0.2) is 0 Å². The van der Waals surface area contributed by atoms with Crippen molar-refractivity contribution in [3.8, 4) is 0 Å². The van der Waals surface area contributed by atoms with Crippen molar-refractivity contribution in [1.82, 2.24) is 9.80 Å². The van der Waals surface area contributed by atoms with E-state index in [1.54, 1.807) is 4.90 Å². The predicted molar refractivity (Wildman–Crippen MR) is 60.9 cm³/mol. The average molecular weight is 228 g/mol. The number of alkyl halides is 1. The van der Waals surface area contributed by atoms with Crippen LogP contribution >= 0.6 is 0 Å². The number of carbonyl (C=O) groups is 1. The Morgan fingerprint density at radius 3 is 2.31 bits per heavy atom. The van der Waals surface area contributed by atoms with Crippen LogP contribution in [-0.4, -0.2) is 54.1 Å². The van der Waals surface area contributed by atoms with Crippen molar-refractivity contribution in [2.24, 2.45) is 5.41 Å². The first-order valence-corrected chi connectivity index (χ1v) is 6.07. The van der Waals surface area contributed by atoms with Crippen LogP contribution in [0, 0.1) is 5.41 Å². The molecule has 0 N–H and O–H groups in total. The molecule has 16 heavy (non-hydrogen) atoms. The molecule has 0 bridgehead atoms. The van der Waals surface area contributed by atoms with Crippen LogP contribution in [0.3, 0.4) is 0 Å². The highest BCUT2D eigenvalue weighted by Crippen LogP contribution is 2.27. The van der Waals surface area contributed by atoms with Gasteiger partial charge in [-0.2, -0.15) is 0 Å². The Labute approximate surface area is 96.6 Å². The first-order chi connectivity index (χ1) is 7.39. The minimum Gasteiger partial charge on any atom is -0.338 e. The van der Waals surface area contributed by atoms with Gasteiger partial charge in [-0.05, 0) is 19.5 Å². The van der Waals surface area contributed by atoms with Gasteiger partial charge in [0.15, 0.2) is 0 Å². The summed E-state index contributed by atoms with van der Waals surface area (Å²) in [7, 11) is 0. The van der Waals surface area contributed by atoms with E-state index in [0.29, 0.717) is 6.54 Å². The van der Waals surface area contributed by atoms with Gasteiger partial charge in [-0.1, -0.05) is 20.8 Å². The summed E-state index contributed by atoms with van der Waals surface area (Å²) >= 11 is 0. The summed E-state index contributed by atoms with van der Waals surface area (Å²) in [5.41, 5.74) is -0.399. The van der Waals surface area contributed by atoms with Gasteiger partial charge in [0.05, 0.1) is 12.6 Å². The van der Waals surface area contributed by atoms with Crippen molar-refractivity contribution < 1.29 is 9.18 Å². The molecule has 92 valence electrons. The molecule has 0 aromatic carbocycles. The average Bonchev–Trinajstić information content (AvgIpc) is 2.42. The maximum Gasteiger partial charge on any atom is 0.228 e. The summed E-state index contributed by atoms with van der Waals surface area (Å²) in [6.07, 6.45) is 0.294. The van der Waals surface area contributed by atoms with Crippen LogP contribution < -0.4 is 0 Å². The molecule has 2 aliphatic heterocycles. The minimum absolute atomic E-state index is 0.0555. The lowest BCUT2D eigenvalue weighted by molar-refractivity contribution is -0.138. The van der Waals surface area contributed by atoms with Gasteiger partial charge in [0.1, 0.15) is 6.17 Å². The molecule has 2 rings (SSSR count). The smallest absolute Gasteiger partial charge is 0.228 e. The third-order valence-corrected chi connectivity index (χ3v) is 3.51. The number of halogens is 1. The molecule has 3 nitrogen and oxygen atoms in total. The number of hydrogen-bond acceptors (Lipinski definition) is 2. The normalized spacial score (nSPS) is 31.6. The molecule has 2 aliphatic rings. The van der Waals surface area contributed by atoms with Gasteiger partial charge < -0.3 is 4.90 Å². The Morgan fingerprint density at radius 1 is 1.25 bits per heavy atom. The van der Waals surface area contributed by atoms with E-state index < -0.39 is 11.6 Å². The standard InChI is InChI=1S/C12H21FN2O/c1-12(2,3)11(16)15-7-9(13)10(8-15)14-5-4-6-14/h9-10H,4-8H2,1-3H3. The molecule has 0 aromatic heterocycles. The molecule has 0 aromatic rings. The SMILES string of the molecule is CC(C)(C)C(=O)N1CC(F)C(N2CCC2)C1. The van der Waals surface area contributed by atoms with Gasteiger partial charge in [0, 0.05) is 12.0 Å². The highest BCUT2D eigenvalue weighted by Gasteiger charge is 2.42. The van der Waals surface area contributed by atoms with Crippen molar-refractivity contribution in [2.75, 3.05) is 26.2 Å². The van der Waals surface area contributed by atoms with Gasteiger partial charge in [-0.15, -0.1) is 0 Å². The van der Waals surface area contributed by atoms with Crippen LogP contribution in [0.1, 0.15) is 27.2 Å². The van der Waals surface area contributed by atoms with Crippen molar-refractivity contribution >= 4 is 5.91 Å². The van der Waals surface area contributed by atoms with E-state index in [1.165, 1.54) is 0 Å². The van der Waals surface area contributed by atoms with Gasteiger partial charge in [0.25, 0.3) is 0 Å². The summed E-state index contributed by atoms with van der Waals surface area (Å²) in [6.45, 7) is 8.48. The summed E-state index contributed by atoms with van der Waals surface area (Å²) in [5.74, 6) is 0.0678. The van der Waals surface area contributed by atoms with Crippen LogP contribution in [0.4, 0.5) is 4.39 Å². The van der Waals surface area contributed by atoms with Crippen LogP contribution in [0.2, 0.25) is 0 Å². The molecule has 0 aliphatic carbocycles. The molecule has 2 fully saturated rings. The lowest BCUT2D eigenvalue weighted by Crippen LogP contribution is -2.50. The fourth-order valence-corrected chi connectivity index (χ4v) is 2.40. The quantitative estimate of drug-likeness (QED) is 0.675. The van der Waals surface area contributed by atoms with E-state index in [0.717, 1.165) is 19.5 Å². The van der Waals surface area contributed by atoms with Gasteiger partial charge in [-0.3, -0.25) is 9.69 Å². The summed E-state index contributed by atoms with van der Waals surface area (Å²) in [5, 5.41) is 0. The molecular formula is C12H21FN2O. The zero-order valence-electron chi connectivity index (χ0n) is 10.4. The maximum absolute atomic E-state index is 13.8. The molecule has 2 heterocycles. The number of rotatable bonds is 1. The minimum atomic E-state index is -0.869. The van der Waals surface area contributed by atoms with Gasteiger partial charge in [0.2, 0.25) is 5.91 Å². The van der Waals surface area contributed by atoms with Gasteiger partial charge in [-0.25, -0.2) is 4.39 Å². The first-order valence-electron chi connectivity index (χ1n) is 6.07. The Morgan fingerprint density at radius 2 is 1.88 bits per heavy atom. The number of carbonyl (C=O) groups excluding carboxylic acids is 1. The van der Waals surface area contributed by atoms with E-state index in [2.05, 4.69) is 4.90 Å². The molecular weight excluding hydrogens is 207 g/mol. The monoisotopic (exact) mass is 228 g/mol. The number of amides is 1. The van der Waals surface area contributed by atoms with E-state index in [4.69, 9.17) is 0 Å². The lowest BCUT2D eigenvalue weighted by Gasteiger charge is -2.37. The summed E-state index contributed by atoms with van der Waals surface area (Å²) in [6, 6.07) is -0.0555. The molecule has 0 spiro atoms. The molecule has 2 saturated heterocycles. The van der Waals surface area contributed by atoms with Crippen molar-refractivity contribution in [3.05, 3.63) is 0 Å². The van der Waals surface area contributed by atoms with Crippen molar-refractivity contribution in [2.45, 2.75) is 39.4 Å². The summed E-state index contributed by atoms with van der Waals surface area (Å²) < 4.78 is 13.8. The second-order valence-electron chi connectivity index (χ2n) is 5.93. The largest absolute Gasteiger partial charge is 0.338 e. The molecule has 4 heteroatoms. The fourth-order valence-electron chi connectivity index (χ4n) is 2.40. The zero-order chi connectivity index (χ0) is 11.9. The second-order valence-corrected chi connectivity index (χ2v) is 5.93. The van der Waals surface area contributed by atoms with Crippen LogP contribution in [-0.2, 0) is 4.79 Å². The number of hydrogen-bond donors (Lipinski definition) is 0. The number of likely N-dealkylation sites (tertiary alicyclic amines) is 2. The van der Waals surface area contributed by atoms with Crippen molar-refractivity contribution in [3.63, 3.8) is 0 Å². The Balaban J connectivity index is 1.97. The van der Waals surface area contributed by atoms with Crippen molar-refractivity contribution in [1.29, 1.82) is 0 Å². The van der Waals surface area contributed by atoms with E-state index in [-0.39, 0.29) is 18.5 Å². The summed E-state index contributed by atoms with van der Waals surface area (Å²) in [4.78, 5) is 15.9. The fraction of sp³-hybridized carbons (Fsp3) is 0.917. The van der Waals surface area contributed by atoms with E-state index in [1.807, 2.05) is 20.8 Å². The lowest BCUT2D eigenvalue weighted by atomic mass is 9.95. The molecule has 0 saturated carbocycles. The predicted octanol–water partition coefficient (Wildman–Crippen LogP) is 1.29. The van der Waals surface area contributed by atoms with E-state index in [9.17, 15) is 9.18 Å². The number of nitrogens with zero attached hydrogens (tertiary/aromatic N) is 2. The van der Waals surface area contributed by atoms with Gasteiger partial charge >= 0.3 is 0 Å². The van der Waals surface area contributed by atoms with Crippen LogP contribution in [0.25, 0.3) is 0 Å². The highest BCUT2D eigenvalue weighted by atomic mass is 19.1. The first kappa shape index (κ1) is 11.8. The highest BCUT2D eigenvalue weighted by molar-refractivity contribution is 5.81. The molecule has 2 unspecified atom stereocenters. The molecule has 1 amide bonds. The molecule has 2 atom stereocenters.